The first kappa shape index (κ1) is 13.5. The minimum Gasteiger partial charge on any atom is -0.316 e. The molecule has 104 valence electrons. The third kappa shape index (κ3) is 2.43. The van der Waals surface area contributed by atoms with Crippen LogP contribution in [0.4, 0.5) is 0 Å². The fourth-order valence-corrected chi connectivity index (χ4v) is 4.67. The molecule has 1 spiro atoms. The van der Waals surface area contributed by atoms with Crippen LogP contribution in [0.1, 0.15) is 51.0 Å². The maximum absolute atomic E-state index is 6.20. The van der Waals surface area contributed by atoms with Crippen LogP contribution in [0.2, 0.25) is 5.02 Å². The molecule has 2 aliphatic carbocycles. The largest absolute Gasteiger partial charge is 0.316 e. The summed E-state index contributed by atoms with van der Waals surface area (Å²) in [7, 11) is 0. The average Bonchev–Trinajstić information content (AvgIpc) is 2.84. The van der Waals surface area contributed by atoms with Crippen molar-refractivity contribution in [2.75, 3.05) is 13.1 Å². The summed E-state index contributed by atoms with van der Waals surface area (Å²) < 4.78 is 0. The lowest BCUT2D eigenvalue weighted by Gasteiger charge is -2.56. The van der Waals surface area contributed by atoms with Gasteiger partial charge in [-0.1, -0.05) is 43.5 Å². The van der Waals surface area contributed by atoms with Gasteiger partial charge in [-0.15, -0.1) is 0 Å². The zero-order chi connectivity index (χ0) is 13.3. The molecule has 1 aromatic carbocycles. The zero-order valence-electron chi connectivity index (χ0n) is 11.8. The van der Waals surface area contributed by atoms with Crippen molar-refractivity contribution in [2.24, 2.45) is 5.41 Å². The Kier molecular flexibility index (Phi) is 3.61. The molecule has 2 heteroatoms. The molecule has 2 aliphatic rings. The van der Waals surface area contributed by atoms with Crippen LogP contribution < -0.4 is 5.32 Å². The van der Waals surface area contributed by atoms with Gasteiger partial charge in [0.05, 0.1) is 0 Å². The highest BCUT2D eigenvalue weighted by Crippen LogP contribution is 2.62. The summed E-state index contributed by atoms with van der Waals surface area (Å²) in [6.07, 6.45) is 8.48. The highest BCUT2D eigenvalue weighted by molar-refractivity contribution is 6.30. The summed E-state index contributed by atoms with van der Waals surface area (Å²) in [5.41, 5.74) is 2.45. The normalized spacial score (nSPS) is 23.5. The van der Waals surface area contributed by atoms with E-state index in [2.05, 4.69) is 30.4 Å². The van der Waals surface area contributed by atoms with Gasteiger partial charge in [0.1, 0.15) is 0 Å². The molecule has 1 N–H and O–H groups in total. The van der Waals surface area contributed by atoms with Gasteiger partial charge in [0.15, 0.2) is 0 Å². The lowest BCUT2D eigenvalue weighted by Crippen LogP contribution is -2.53. The van der Waals surface area contributed by atoms with Crippen molar-refractivity contribution in [1.29, 1.82) is 0 Å². The Morgan fingerprint density at radius 1 is 1.21 bits per heavy atom. The highest BCUT2D eigenvalue weighted by Gasteiger charge is 2.55. The molecule has 2 saturated carbocycles. The van der Waals surface area contributed by atoms with Crippen molar-refractivity contribution in [2.45, 2.75) is 50.9 Å². The van der Waals surface area contributed by atoms with Gasteiger partial charge in [-0.3, -0.25) is 0 Å². The standard InChI is InChI=1S/C17H24ClN/c1-2-19-13-17(14-6-5-7-15(18)10-14)11-16(12-17)8-3-4-9-16/h5-7,10,19H,2-4,8-9,11-13H2,1H3. The van der Waals surface area contributed by atoms with Gasteiger partial charge in [-0.25, -0.2) is 0 Å². The smallest absolute Gasteiger partial charge is 0.0408 e. The lowest BCUT2D eigenvalue weighted by atomic mass is 9.49. The van der Waals surface area contributed by atoms with Gasteiger partial charge in [0, 0.05) is 17.0 Å². The van der Waals surface area contributed by atoms with Gasteiger partial charge < -0.3 is 5.32 Å². The van der Waals surface area contributed by atoms with Crippen molar-refractivity contribution in [3.63, 3.8) is 0 Å². The Morgan fingerprint density at radius 2 is 1.95 bits per heavy atom. The molecular formula is C17H24ClN. The van der Waals surface area contributed by atoms with E-state index in [0.717, 1.165) is 18.1 Å². The molecule has 1 aromatic rings. The van der Waals surface area contributed by atoms with Crippen LogP contribution >= 0.6 is 11.6 Å². The maximum atomic E-state index is 6.20. The Balaban J connectivity index is 1.82. The molecule has 0 amide bonds. The van der Waals surface area contributed by atoms with Gasteiger partial charge >= 0.3 is 0 Å². The third-order valence-electron chi connectivity index (χ3n) is 5.24. The summed E-state index contributed by atoms with van der Waals surface area (Å²) in [5, 5.41) is 4.45. The average molecular weight is 278 g/mol. The summed E-state index contributed by atoms with van der Waals surface area (Å²) in [5.74, 6) is 0. The molecule has 0 saturated heterocycles. The van der Waals surface area contributed by atoms with E-state index in [9.17, 15) is 0 Å². The van der Waals surface area contributed by atoms with Crippen LogP contribution in [0.25, 0.3) is 0 Å². The van der Waals surface area contributed by atoms with E-state index in [0.29, 0.717) is 10.8 Å². The third-order valence-corrected chi connectivity index (χ3v) is 5.48. The minimum absolute atomic E-state index is 0.339. The molecule has 0 heterocycles. The zero-order valence-corrected chi connectivity index (χ0v) is 12.6. The topological polar surface area (TPSA) is 12.0 Å². The van der Waals surface area contributed by atoms with Crippen LogP contribution in [-0.2, 0) is 5.41 Å². The number of likely N-dealkylation sites (N-methyl/N-ethyl adjacent to an activating group) is 1. The Labute approximate surface area is 121 Å². The van der Waals surface area contributed by atoms with E-state index in [1.165, 1.54) is 44.1 Å². The number of halogens is 1. The second-order valence-corrected chi connectivity index (χ2v) is 7.07. The maximum Gasteiger partial charge on any atom is 0.0408 e. The van der Waals surface area contributed by atoms with Gasteiger partial charge in [0.2, 0.25) is 0 Å². The first-order valence-electron chi connectivity index (χ1n) is 7.65. The second-order valence-electron chi connectivity index (χ2n) is 6.63. The molecule has 3 rings (SSSR count). The molecular weight excluding hydrogens is 254 g/mol. The Morgan fingerprint density at radius 3 is 2.58 bits per heavy atom. The van der Waals surface area contributed by atoms with Gasteiger partial charge in [0.25, 0.3) is 0 Å². The predicted molar refractivity (Wildman–Crippen MR) is 81.8 cm³/mol. The first-order chi connectivity index (χ1) is 9.18. The van der Waals surface area contributed by atoms with Crippen molar-refractivity contribution in [1.82, 2.24) is 5.32 Å². The summed E-state index contributed by atoms with van der Waals surface area (Å²) >= 11 is 6.20. The van der Waals surface area contributed by atoms with E-state index in [1.807, 2.05) is 6.07 Å². The predicted octanol–water partition coefficient (Wildman–Crippen LogP) is 4.54. The van der Waals surface area contributed by atoms with E-state index in [-0.39, 0.29) is 0 Å². The monoisotopic (exact) mass is 277 g/mol. The van der Waals surface area contributed by atoms with Crippen LogP contribution in [0.15, 0.2) is 24.3 Å². The van der Waals surface area contributed by atoms with Crippen molar-refractivity contribution < 1.29 is 0 Å². The molecule has 19 heavy (non-hydrogen) atoms. The molecule has 2 fully saturated rings. The van der Waals surface area contributed by atoms with E-state index >= 15 is 0 Å². The van der Waals surface area contributed by atoms with Gasteiger partial charge in [-0.05, 0) is 55.3 Å². The van der Waals surface area contributed by atoms with Gasteiger partial charge in [-0.2, -0.15) is 0 Å². The van der Waals surface area contributed by atoms with Crippen molar-refractivity contribution in [3.05, 3.63) is 34.9 Å². The molecule has 1 nitrogen and oxygen atoms in total. The number of hydrogen-bond donors (Lipinski definition) is 1. The lowest BCUT2D eigenvalue weighted by molar-refractivity contribution is 0.0273. The first-order valence-corrected chi connectivity index (χ1v) is 8.03. The fourth-order valence-electron chi connectivity index (χ4n) is 4.48. The van der Waals surface area contributed by atoms with E-state index in [1.54, 1.807) is 0 Å². The molecule has 0 aliphatic heterocycles. The molecule has 0 atom stereocenters. The van der Waals surface area contributed by atoms with Crippen molar-refractivity contribution >= 4 is 11.6 Å². The summed E-state index contributed by atoms with van der Waals surface area (Å²) in [4.78, 5) is 0. The minimum atomic E-state index is 0.339. The summed E-state index contributed by atoms with van der Waals surface area (Å²) in [6.45, 7) is 4.34. The Bertz CT molecular complexity index is 440. The Hall–Kier alpha value is -0.530. The molecule has 0 radical (unpaired) electrons. The number of rotatable bonds is 4. The SMILES string of the molecule is CCNCC1(c2cccc(Cl)c2)CC2(CCCC2)C1. The van der Waals surface area contributed by atoms with Crippen LogP contribution in [0.3, 0.4) is 0 Å². The number of nitrogens with one attached hydrogen (secondary N) is 1. The van der Waals surface area contributed by atoms with Crippen LogP contribution in [0, 0.1) is 5.41 Å². The van der Waals surface area contributed by atoms with E-state index < -0.39 is 0 Å². The quantitative estimate of drug-likeness (QED) is 0.852. The fraction of sp³-hybridized carbons (Fsp3) is 0.647. The summed E-state index contributed by atoms with van der Waals surface area (Å²) in [6, 6.07) is 8.53. The van der Waals surface area contributed by atoms with E-state index in [4.69, 9.17) is 11.6 Å². The number of benzene rings is 1. The molecule has 0 unspecified atom stereocenters. The van der Waals surface area contributed by atoms with Crippen molar-refractivity contribution in [3.8, 4) is 0 Å². The second kappa shape index (κ2) is 5.10. The molecule has 0 bridgehead atoms. The number of hydrogen-bond acceptors (Lipinski definition) is 1. The molecule has 0 aromatic heterocycles. The van der Waals surface area contributed by atoms with Crippen LogP contribution in [0.5, 0.6) is 0 Å². The van der Waals surface area contributed by atoms with Crippen LogP contribution in [-0.4, -0.2) is 13.1 Å². The highest BCUT2D eigenvalue weighted by atomic mass is 35.5.